The van der Waals surface area contributed by atoms with Crippen molar-refractivity contribution >= 4 is 21.4 Å². The topological polar surface area (TPSA) is 76.3 Å². The number of benzene rings is 1. The van der Waals surface area contributed by atoms with E-state index in [1.165, 1.54) is 10.5 Å². The molecule has 0 bridgehead atoms. The SMILES string of the molecule is Nc1ccc2c(c1)CCCN2S(=O)(=O)c1cccnc1. The van der Waals surface area contributed by atoms with Crippen LogP contribution in [0.4, 0.5) is 11.4 Å². The van der Waals surface area contributed by atoms with Crippen molar-refractivity contribution in [3.8, 4) is 0 Å². The monoisotopic (exact) mass is 289 g/mol. The van der Waals surface area contributed by atoms with E-state index in [2.05, 4.69) is 4.98 Å². The molecule has 104 valence electrons. The van der Waals surface area contributed by atoms with E-state index < -0.39 is 10.0 Å². The number of pyridine rings is 1. The molecular formula is C14H15N3O2S. The highest BCUT2D eigenvalue weighted by Gasteiger charge is 2.29. The summed E-state index contributed by atoms with van der Waals surface area (Å²) in [4.78, 5) is 4.10. The highest BCUT2D eigenvalue weighted by molar-refractivity contribution is 7.92. The molecule has 0 fully saturated rings. The number of rotatable bonds is 2. The Balaban J connectivity index is 2.09. The quantitative estimate of drug-likeness (QED) is 0.855. The number of sulfonamides is 1. The van der Waals surface area contributed by atoms with Crippen LogP contribution in [0.25, 0.3) is 0 Å². The highest BCUT2D eigenvalue weighted by Crippen LogP contribution is 2.32. The Morgan fingerprint density at radius 3 is 2.85 bits per heavy atom. The van der Waals surface area contributed by atoms with Crippen LogP contribution in [0.5, 0.6) is 0 Å². The van der Waals surface area contributed by atoms with Crippen molar-refractivity contribution in [3.63, 3.8) is 0 Å². The van der Waals surface area contributed by atoms with Gasteiger partial charge < -0.3 is 5.73 Å². The van der Waals surface area contributed by atoms with Crippen molar-refractivity contribution in [1.82, 2.24) is 4.98 Å². The minimum Gasteiger partial charge on any atom is -0.399 e. The minimum atomic E-state index is -3.56. The third-order valence-corrected chi connectivity index (χ3v) is 5.20. The van der Waals surface area contributed by atoms with Gasteiger partial charge in [-0.15, -0.1) is 0 Å². The molecule has 2 heterocycles. The van der Waals surface area contributed by atoms with Crippen molar-refractivity contribution in [2.45, 2.75) is 17.7 Å². The Morgan fingerprint density at radius 2 is 2.10 bits per heavy atom. The predicted octanol–water partition coefficient (Wildman–Crippen LogP) is 1.81. The first-order valence-corrected chi connectivity index (χ1v) is 7.84. The number of nitrogens with zero attached hydrogens (tertiary/aromatic N) is 2. The first-order valence-electron chi connectivity index (χ1n) is 6.40. The fraction of sp³-hybridized carbons (Fsp3) is 0.214. The molecule has 0 unspecified atom stereocenters. The van der Waals surface area contributed by atoms with Crippen molar-refractivity contribution in [1.29, 1.82) is 0 Å². The first-order chi connectivity index (χ1) is 9.59. The number of nitrogens with two attached hydrogens (primary N) is 1. The molecule has 6 heteroatoms. The van der Waals surface area contributed by atoms with Crippen molar-refractivity contribution in [2.24, 2.45) is 0 Å². The summed E-state index contributed by atoms with van der Waals surface area (Å²) in [6.07, 6.45) is 4.57. The second kappa shape index (κ2) is 4.79. The summed E-state index contributed by atoms with van der Waals surface area (Å²) in [7, 11) is -3.56. The van der Waals surface area contributed by atoms with Crippen LogP contribution in [0.1, 0.15) is 12.0 Å². The fourth-order valence-electron chi connectivity index (χ4n) is 2.46. The maximum Gasteiger partial charge on any atom is 0.265 e. The van der Waals surface area contributed by atoms with E-state index in [4.69, 9.17) is 5.73 Å². The summed E-state index contributed by atoms with van der Waals surface area (Å²) in [5.74, 6) is 0. The van der Waals surface area contributed by atoms with Gasteiger partial charge in [0, 0.05) is 24.6 Å². The molecule has 0 radical (unpaired) electrons. The van der Waals surface area contributed by atoms with E-state index >= 15 is 0 Å². The van der Waals surface area contributed by atoms with E-state index in [1.54, 1.807) is 30.5 Å². The standard InChI is InChI=1S/C14H15N3O2S/c15-12-5-6-14-11(9-12)3-2-8-17(14)20(18,19)13-4-1-7-16-10-13/h1,4-7,9-10H,2-3,8,15H2. The van der Waals surface area contributed by atoms with Crippen LogP contribution in [0, 0.1) is 0 Å². The third-order valence-electron chi connectivity index (χ3n) is 3.40. The number of hydrogen-bond acceptors (Lipinski definition) is 4. The normalized spacial score (nSPS) is 14.9. The number of hydrogen-bond donors (Lipinski definition) is 1. The van der Waals surface area contributed by atoms with Crippen LogP contribution in [-0.2, 0) is 16.4 Å². The van der Waals surface area contributed by atoms with Gasteiger partial charge in [0.05, 0.1) is 5.69 Å². The molecule has 5 nitrogen and oxygen atoms in total. The summed E-state index contributed by atoms with van der Waals surface area (Å²) >= 11 is 0. The third kappa shape index (κ3) is 2.12. The van der Waals surface area contributed by atoms with Crippen molar-refractivity contribution in [2.75, 3.05) is 16.6 Å². The van der Waals surface area contributed by atoms with E-state index in [1.807, 2.05) is 6.07 Å². The zero-order chi connectivity index (χ0) is 14.2. The molecule has 2 N–H and O–H groups in total. The Morgan fingerprint density at radius 1 is 1.25 bits per heavy atom. The van der Waals surface area contributed by atoms with Gasteiger partial charge in [0.1, 0.15) is 4.90 Å². The first kappa shape index (κ1) is 12.9. The maximum atomic E-state index is 12.7. The summed E-state index contributed by atoms with van der Waals surface area (Å²) in [5.41, 5.74) is 8.12. The van der Waals surface area contributed by atoms with Gasteiger partial charge in [0.15, 0.2) is 0 Å². The lowest BCUT2D eigenvalue weighted by atomic mass is 10.0. The molecule has 1 aliphatic heterocycles. The van der Waals surface area contributed by atoms with Gasteiger partial charge in [-0.25, -0.2) is 8.42 Å². The molecule has 0 saturated heterocycles. The van der Waals surface area contributed by atoms with Gasteiger partial charge in [0.25, 0.3) is 10.0 Å². The van der Waals surface area contributed by atoms with E-state index in [0.717, 1.165) is 18.4 Å². The van der Waals surface area contributed by atoms with Crippen molar-refractivity contribution in [3.05, 3.63) is 48.3 Å². The molecule has 0 spiro atoms. The second-order valence-electron chi connectivity index (χ2n) is 4.76. The predicted molar refractivity (Wildman–Crippen MR) is 77.9 cm³/mol. The lowest BCUT2D eigenvalue weighted by Gasteiger charge is -2.30. The smallest absolute Gasteiger partial charge is 0.265 e. The summed E-state index contributed by atoms with van der Waals surface area (Å²) in [6.45, 7) is 0.480. The van der Waals surface area contributed by atoms with Gasteiger partial charge in [-0.2, -0.15) is 0 Å². The number of aryl methyl sites for hydroxylation is 1. The molecule has 0 aliphatic carbocycles. The fourth-order valence-corrected chi connectivity index (χ4v) is 3.96. The molecule has 1 aromatic heterocycles. The van der Waals surface area contributed by atoms with Gasteiger partial charge in [-0.1, -0.05) is 0 Å². The lowest BCUT2D eigenvalue weighted by molar-refractivity contribution is 0.586. The van der Waals surface area contributed by atoms with Crippen molar-refractivity contribution < 1.29 is 8.42 Å². The average molecular weight is 289 g/mol. The summed E-state index contributed by atoms with van der Waals surface area (Å²) in [6, 6.07) is 8.54. The summed E-state index contributed by atoms with van der Waals surface area (Å²) in [5, 5.41) is 0. The second-order valence-corrected chi connectivity index (χ2v) is 6.62. The summed E-state index contributed by atoms with van der Waals surface area (Å²) < 4.78 is 26.8. The van der Waals surface area contributed by atoms with Crippen LogP contribution in [0.3, 0.4) is 0 Å². The molecule has 0 atom stereocenters. The molecule has 3 rings (SSSR count). The van der Waals surface area contributed by atoms with E-state index in [-0.39, 0.29) is 4.90 Å². The number of anilines is 2. The van der Waals surface area contributed by atoms with Crippen LogP contribution in [0.15, 0.2) is 47.6 Å². The van der Waals surface area contributed by atoms with Gasteiger partial charge in [-0.05, 0) is 48.7 Å². The molecule has 20 heavy (non-hydrogen) atoms. The maximum absolute atomic E-state index is 12.7. The Kier molecular flexibility index (Phi) is 3.10. The Labute approximate surface area is 118 Å². The van der Waals surface area contributed by atoms with Crippen LogP contribution in [-0.4, -0.2) is 19.9 Å². The number of nitrogen functional groups attached to an aromatic ring is 1. The average Bonchev–Trinajstić information content (AvgIpc) is 2.47. The van der Waals surface area contributed by atoms with Crippen LogP contribution in [0.2, 0.25) is 0 Å². The van der Waals surface area contributed by atoms with Gasteiger partial charge >= 0.3 is 0 Å². The molecule has 1 aliphatic rings. The molecular weight excluding hydrogens is 274 g/mol. The largest absolute Gasteiger partial charge is 0.399 e. The van der Waals surface area contributed by atoms with Crippen LogP contribution >= 0.6 is 0 Å². The Bertz CT molecular complexity index is 729. The Hall–Kier alpha value is -2.08. The lowest BCUT2D eigenvalue weighted by Crippen LogP contribution is -2.35. The van der Waals surface area contributed by atoms with Gasteiger partial charge in [0.2, 0.25) is 0 Å². The minimum absolute atomic E-state index is 0.213. The van der Waals surface area contributed by atoms with E-state index in [9.17, 15) is 8.42 Å². The molecule has 1 aromatic carbocycles. The zero-order valence-corrected chi connectivity index (χ0v) is 11.7. The highest BCUT2D eigenvalue weighted by atomic mass is 32.2. The molecule has 0 saturated carbocycles. The number of aromatic nitrogens is 1. The van der Waals surface area contributed by atoms with Gasteiger partial charge in [-0.3, -0.25) is 9.29 Å². The zero-order valence-electron chi connectivity index (χ0n) is 10.9. The molecule has 2 aromatic rings. The molecule has 0 amide bonds. The van der Waals surface area contributed by atoms with Crippen LogP contribution < -0.4 is 10.0 Å². The number of fused-ring (bicyclic) bond motifs is 1. The van der Waals surface area contributed by atoms with E-state index in [0.29, 0.717) is 17.9 Å².